The number of thiophene rings is 1. The topological polar surface area (TPSA) is 45.2 Å². The maximum Gasteiger partial charge on any atom is 0.248 e. The SMILES string of the molecule is O=C(/C=C/c1nc2ccccc2s1)Nc1ccccc1N1CCc2sccc2C1. The van der Waals surface area contributed by atoms with Gasteiger partial charge in [-0.2, -0.15) is 0 Å². The summed E-state index contributed by atoms with van der Waals surface area (Å²) in [5, 5.41) is 6.03. The van der Waals surface area contributed by atoms with E-state index in [0.29, 0.717) is 0 Å². The highest BCUT2D eigenvalue weighted by Gasteiger charge is 2.19. The van der Waals surface area contributed by atoms with Crippen molar-refractivity contribution in [3.8, 4) is 0 Å². The molecule has 4 nitrogen and oxygen atoms in total. The van der Waals surface area contributed by atoms with Crippen LogP contribution in [0.15, 0.2) is 66.1 Å². The molecule has 4 aromatic rings. The van der Waals surface area contributed by atoms with E-state index in [9.17, 15) is 4.79 Å². The van der Waals surface area contributed by atoms with Crippen LogP contribution in [0.4, 0.5) is 11.4 Å². The molecule has 0 atom stereocenters. The Balaban J connectivity index is 1.32. The number of benzene rings is 2. The minimum Gasteiger partial charge on any atom is -0.365 e. The number of hydrogen-bond acceptors (Lipinski definition) is 5. The van der Waals surface area contributed by atoms with Crippen LogP contribution in [0.25, 0.3) is 16.3 Å². The lowest BCUT2D eigenvalue weighted by Crippen LogP contribution is -2.30. The van der Waals surface area contributed by atoms with E-state index in [4.69, 9.17) is 0 Å². The fraction of sp³-hybridized carbons (Fsp3) is 0.130. The number of carbonyl (C=O) groups excluding carboxylic acids is 1. The molecule has 0 spiro atoms. The minimum absolute atomic E-state index is 0.148. The molecule has 1 amide bonds. The summed E-state index contributed by atoms with van der Waals surface area (Å²) < 4.78 is 1.12. The second kappa shape index (κ2) is 7.81. The van der Waals surface area contributed by atoms with Crippen molar-refractivity contribution in [2.24, 2.45) is 0 Å². The first kappa shape index (κ1) is 18.1. The van der Waals surface area contributed by atoms with Crippen molar-refractivity contribution in [3.05, 3.63) is 81.5 Å². The van der Waals surface area contributed by atoms with Gasteiger partial charge in [-0.05, 0) is 53.8 Å². The maximum atomic E-state index is 12.6. The Hall–Kier alpha value is -2.96. The monoisotopic (exact) mass is 417 g/mol. The fourth-order valence-corrected chi connectivity index (χ4v) is 5.35. The van der Waals surface area contributed by atoms with Crippen LogP contribution in [0.1, 0.15) is 15.4 Å². The number of hydrogen-bond donors (Lipinski definition) is 1. The Morgan fingerprint density at radius 3 is 2.90 bits per heavy atom. The Kier molecular flexibility index (Phi) is 4.87. The second-order valence-corrected chi connectivity index (χ2v) is 8.96. The van der Waals surface area contributed by atoms with Gasteiger partial charge in [0.1, 0.15) is 5.01 Å². The number of fused-ring (bicyclic) bond motifs is 2. The van der Waals surface area contributed by atoms with Gasteiger partial charge in [-0.25, -0.2) is 4.98 Å². The zero-order valence-corrected chi connectivity index (χ0v) is 17.3. The van der Waals surface area contributed by atoms with Crippen molar-refractivity contribution in [1.29, 1.82) is 0 Å². The van der Waals surface area contributed by atoms with Gasteiger partial charge in [0.05, 0.1) is 21.6 Å². The lowest BCUT2D eigenvalue weighted by atomic mass is 10.1. The van der Waals surface area contributed by atoms with Gasteiger partial charge in [0.15, 0.2) is 0 Å². The molecular formula is C23H19N3OS2. The fourth-order valence-electron chi connectivity index (χ4n) is 3.59. The number of para-hydroxylation sites is 3. The first-order valence-electron chi connectivity index (χ1n) is 9.50. The molecule has 0 bridgehead atoms. The van der Waals surface area contributed by atoms with Crippen molar-refractivity contribution in [3.63, 3.8) is 0 Å². The standard InChI is InChI=1S/C23H19N3OS2/c27-22(9-10-23-25-18-6-2-4-8-21(18)29-23)24-17-5-1-3-7-19(17)26-13-11-20-16(15-26)12-14-28-20/h1-10,12,14H,11,13,15H2,(H,24,27)/b10-9+. The lowest BCUT2D eigenvalue weighted by Gasteiger charge is -2.30. The molecule has 3 heterocycles. The van der Waals surface area contributed by atoms with Crippen molar-refractivity contribution in [1.82, 2.24) is 4.98 Å². The Bertz CT molecular complexity index is 1170. The lowest BCUT2D eigenvalue weighted by molar-refractivity contribution is -0.111. The number of carbonyl (C=O) groups is 1. The predicted molar refractivity (Wildman–Crippen MR) is 123 cm³/mol. The number of nitrogens with zero attached hydrogens (tertiary/aromatic N) is 2. The van der Waals surface area contributed by atoms with Gasteiger partial charge in [0.25, 0.3) is 0 Å². The van der Waals surface area contributed by atoms with Crippen LogP contribution in [0.2, 0.25) is 0 Å². The third-order valence-electron chi connectivity index (χ3n) is 5.00. The summed E-state index contributed by atoms with van der Waals surface area (Å²) in [5.41, 5.74) is 4.25. The Morgan fingerprint density at radius 2 is 1.97 bits per heavy atom. The predicted octanol–water partition coefficient (Wildman–Crippen LogP) is 5.57. The van der Waals surface area contributed by atoms with Gasteiger partial charge in [0.2, 0.25) is 5.91 Å². The molecule has 6 heteroatoms. The smallest absolute Gasteiger partial charge is 0.248 e. The normalized spacial score (nSPS) is 13.7. The highest BCUT2D eigenvalue weighted by atomic mass is 32.1. The van der Waals surface area contributed by atoms with Gasteiger partial charge in [0, 0.05) is 24.0 Å². The van der Waals surface area contributed by atoms with Crippen molar-refractivity contribution in [2.45, 2.75) is 13.0 Å². The average Bonchev–Trinajstić information content (AvgIpc) is 3.38. The van der Waals surface area contributed by atoms with E-state index >= 15 is 0 Å². The largest absolute Gasteiger partial charge is 0.365 e. The van der Waals surface area contributed by atoms with E-state index in [-0.39, 0.29) is 5.91 Å². The molecule has 0 radical (unpaired) electrons. The van der Waals surface area contributed by atoms with Gasteiger partial charge >= 0.3 is 0 Å². The molecule has 0 saturated carbocycles. The third kappa shape index (κ3) is 3.81. The van der Waals surface area contributed by atoms with Crippen LogP contribution in [0.5, 0.6) is 0 Å². The molecule has 1 aliphatic heterocycles. The first-order valence-corrected chi connectivity index (χ1v) is 11.2. The molecule has 0 fully saturated rings. The van der Waals surface area contributed by atoms with Crippen LogP contribution < -0.4 is 10.2 Å². The van der Waals surface area contributed by atoms with Crippen molar-refractivity contribution < 1.29 is 4.79 Å². The number of nitrogens with one attached hydrogen (secondary N) is 1. The number of amides is 1. The number of rotatable bonds is 4. The Labute approximate surface area is 177 Å². The molecule has 1 N–H and O–H groups in total. The molecule has 1 aliphatic rings. The van der Waals surface area contributed by atoms with Crippen molar-refractivity contribution >= 4 is 56.2 Å². The molecule has 0 unspecified atom stereocenters. The summed E-state index contributed by atoms with van der Waals surface area (Å²) in [4.78, 5) is 20.9. The number of thiazole rings is 1. The van der Waals surface area contributed by atoms with Crippen LogP contribution in [0, 0.1) is 0 Å². The summed E-state index contributed by atoms with van der Waals surface area (Å²) in [7, 11) is 0. The van der Waals surface area contributed by atoms with E-state index in [2.05, 4.69) is 32.7 Å². The first-order chi connectivity index (χ1) is 14.3. The molecular weight excluding hydrogens is 398 g/mol. The maximum absolute atomic E-state index is 12.6. The highest BCUT2D eigenvalue weighted by molar-refractivity contribution is 7.19. The molecule has 2 aromatic heterocycles. The second-order valence-electron chi connectivity index (χ2n) is 6.90. The van der Waals surface area contributed by atoms with Crippen LogP contribution >= 0.6 is 22.7 Å². The average molecular weight is 418 g/mol. The van der Waals surface area contributed by atoms with E-state index < -0.39 is 0 Å². The summed E-state index contributed by atoms with van der Waals surface area (Å²) in [6, 6.07) is 18.2. The summed E-state index contributed by atoms with van der Waals surface area (Å²) in [6.45, 7) is 1.84. The molecule has 5 rings (SSSR count). The zero-order valence-electron chi connectivity index (χ0n) is 15.7. The van der Waals surface area contributed by atoms with Gasteiger partial charge in [-0.1, -0.05) is 24.3 Å². The van der Waals surface area contributed by atoms with Gasteiger partial charge in [-0.15, -0.1) is 22.7 Å². The minimum atomic E-state index is -0.148. The summed E-state index contributed by atoms with van der Waals surface area (Å²) in [5.74, 6) is -0.148. The van der Waals surface area contributed by atoms with Crippen LogP contribution in [-0.4, -0.2) is 17.4 Å². The number of aromatic nitrogens is 1. The van der Waals surface area contributed by atoms with Gasteiger partial charge in [-0.3, -0.25) is 4.79 Å². The number of anilines is 2. The van der Waals surface area contributed by atoms with E-state index in [0.717, 1.165) is 46.1 Å². The van der Waals surface area contributed by atoms with E-state index in [1.807, 2.05) is 53.8 Å². The van der Waals surface area contributed by atoms with Crippen molar-refractivity contribution in [2.75, 3.05) is 16.8 Å². The van der Waals surface area contributed by atoms with Crippen LogP contribution in [0.3, 0.4) is 0 Å². The summed E-state index contributed by atoms with van der Waals surface area (Å²) >= 11 is 3.41. The molecule has 29 heavy (non-hydrogen) atoms. The summed E-state index contributed by atoms with van der Waals surface area (Å²) in [6.07, 6.45) is 4.38. The molecule has 0 aliphatic carbocycles. The van der Waals surface area contributed by atoms with Gasteiger partial charge < -0.3 is 10.2 Å². The molecule has 144 valence electrons. The quantitative estimate of drug-likeness (QED) is 0.441. The molecule has 2 aromatic carbocycles. The molecule has 0 saturated heterocycles. The highest BCUT2D eigenvalue weighted by Crippen LogP contribution is 2.32. The van der Waals surface area contributed by atoms with E-state index in [1.165, 1.54) is 10.4 Å². The third-order valence-corrected chi connectivity index (χ3v) is 7.02. The van der Waals surface area contributed by atoms with E-state index in [1.54, 1.807) is 23.5 Å². The van der Waals surface area contributed by atoms with Crippen LogP contribution in [-0.2, 0) is 17.8 Å². The Morgan fingerprint density at radius 1 is 1.10 bits per heavy atom. The zero-order chi connectivity index (χ0) is 19.6.